The molecule has 0 spiro atoms. The number of aryl methyl sites for hydroxylation is 1. The monoisotopic (exact) mass is 443 g/mol. The van der Waals surface area contributed by atoms with Crippen molar-refractivity contribution in [1.29, 1.82) is 0 Å². The van der Waals surface area contributed by atoms with Crippen LogP contribution in [-0.4, -0.2) is 41.9 Å². The fourth-order valence-corrected chi connectivity index (χ4v) is 3.55. The summed E-state index contributed by atoms with van der Waals surface area (Å²) in [5.74, 6) is 0.240. The molecule has 0 radical (unpaired) electrons. The van der Waals surface area contributed by atoms with Gasteiger partial charge in [-0.25, -0.2) is 4.79 Å². The minimum Gasteiger partial charge on any atom is -0.343 e. The van der Waals surface area contributed by atoms with Crippen molar-refractivity contribution in [3.63, 3.8) is 0 Å². The van der Waals surface area contributed by atoms with Crippen molar-refractivity contribution >= 4 is 33.6 Å². The van der Waals surface area contributed by atoms with Gasteiger partial charge in [0.05, 0.1) is 0 Å². The Morgan fingerprint density at radius 1 is 1.00 bits per heavy atom. The summed E-state index contributed by atoms with van der Waals surface area (Å²) in [5.41, 5.74) is 2.93. The Kier molecular flexibility index (Phi) is 7.09. The smallest absolute Gasteiger partial charge is 0.321 e. The van der Waals surface area contributed by atoms with Crippen molar-refractivity contribution in [1.82, 2.24) is 9.80 Å². The van der Waals surface area contributed by atoms with Gasteiger partial charge in [-0.1, -0.05) is 40.2 Å². The topological polar surface area (TPSA) is 52.7 Å². The van der Waals surface area contributed by atoms with E-state index in [1.807, 2.05) is 53.4 Å². The molecule has 5 nitrogen and oxygen atoms in total. The van der Waals surface area contributed by atoms with E-state index < -0.39 is 0 Å². The molecule has 1 saturated heterocycles. The predicted octanol–water partition coefficient (Wildman–Crippen LogP) is 4.67. The Hall–Kier alpha value is -2.34. The van der Waals surface area contributed by atoms with E-state index in [0.717, 1.165) is 53.6 Å². The molecule has 28 heavy (non-hydrogen) atoms. The van der Waals surface area contributed by atoms with E-state index in [1.54, 1.807) is 11.9 Å². The molecule has 1 heterocycles. The molecule has 0 atom stereocenters. The van der Waals surface area contributed by atoms with Crippen LogP contribution in [0, 0.1) is 0 Å². The molecule has 0 aliphatic carbocycles. The highest BCUT2D eigenvalue weighted by molar-refractivity contribution is 9.10. The summed E-state index contributed by atoms with van der Waals surface area (Å²) in [7, 11) is 1.77. The van der Waals surface area contributed by atoms with Crippen LogP contribution in [0.4, 0.5) is 10.5 Å². The average Bonchev–Trinajstić information content (AvgIpc) is 3.24. The second-order valence-electron chi connectivity index (χ2n) is 7.20. The summed E-state index contributed by atoms with van der Waals surface area (Å²) < 4.78 is 1.02. The van der Waals surface area contributed by atoms with Crippen LogP contribution in [0.25, 0.3) is 0 Å². The first kappa shape index (κ1) is 20.4. The number of anilines is 1. The van der Waals surface area contributed by atoms with Gasteiger partial charge in [0.2, 0.25) is 5.91 Å². The zero-order valence-corrected chi connectivity index (χ0v) is 17.7. The molecular weight excluding hydrogens is 418 g/mol. The number of carbonyl (C=O) groups is 2. The number of carbonyl (C=O) groups excluding carboxylic acids is 2. The number of nitrogens with one attached hydrogen (secondary N) is 1. The molecule has 2 aromatic carbocycles. The van der Waals surface area contributed by atoms with E-state index >= 15 is 0 Å². The van der Waals surface area contributed by atoms with Crippen molar-refractivity contribution in [2.24, 2.45) is 0 Å². The second kappa shape index (κ2) is 9.73. The van der Waals surface area contributed by atoms with E-state index in [4.69, 9.17) is 0 Å². The maximum atomic E-state index is 12.4. The quantitative estimate of drug-likeness (QED) is 0.704. The average molecular weight is 444 g/mol. The van der Waals surface area contributed by atoms with E-state index in [-0.39, 0.29) is 11.9 Å². The maximum Gasteiger partial charge on any atom is 0.321 e. The third kappa shape index (κ3) is 5.83. The normalized spacial score (nSPS) is 13.4. The SMILES string of the molecule is CN(Cc1ccc(Br)cc1)C(=O)Nc1ccc(CCC(=O)N2CCCC2)cc1. The molecule has 0 unspecified atom stereocenters. The number of halogens is 1. The van der Waals surface area contributed by atoms with Gasteiger partial charge >= 0.3 is 6.03 Å². The standard InChI is InChI=1S/C22H26BrN3O2/c1-25(16-18-4-9-19(23)10-5-18)22(28)24-20-11-6-17(7-12-20)8-13-21(27)26-14-2-3-15-26/h4-7,9-12H,2-3,8,13-16H2,1H3,(H,24,28). The predicted molar refractivity (Wildman–Crippen MR) is 115 cm³/mol. The van der Waals surface area contributed by atoms with E-state index in [9.17, 15) is 9.59 Å². The fourth-order valence-electron chi connectivity index (χ4n) is 3.29. The lowest BCUT2D eigenvalue weighted by Gasteiger charge is -2.18. The third-order valence-electron chi connectivity index (χ3n) is 4.97. The van der Waals surface area contributed by atoms with Gasteiger partial charge < -0.3 is 15.1 Å². The summed E-state index contributed by atoms with van der Waals surface area (Å²) in [6.45, 7) is 2.34. The Morgan fingerprint density at radius 2 is 1.61 bits per heavy atom. The summed E-state index contributed by atoms with van der Waals surface area (Å²) in [6, 6.07) is 15.5. The van der Waals surface area contributed by atoms with Crippen molar-refractivity contribution in [3.8, 4) is 0 Å². The van der Waals surface area contributed by atoms with E-state index in [2.05, 4.69) is 21.2 Å². The van der Waals surface area contributed by atoms with Crippen LogP contribution < -0.4 is 5.32 Å². The zero-order chi connectivity index (χ0) is 19.9. The summed E-state index contributed by atoms with van der Waals surface area (Å²) >= 11 is 3.41. The van der Waals surface area contributed by atoms with Gasteiger partial charge in [-0.3, -0.25) is 4.79 Å². The van der Waals surface area contributed by atoms with Crippen LogP contribution in [0.2, 0.25) is 0 Å². The summed E-state index contributed by atoms with van der Waals surface area (Å²) in [6.07, 6.45) is 3.52. The van der Waals surface area contributed by atoms with Crippen molar-refractivity contribution in [2.45, 2.75) is 32.2 Å². The van der Waals surface area contributed by atoms with Gasteiger partial charge in [-0.15, -0.1) is 0 Å². The number of hydrogen-bond acceptors (Lipinski definition) is 2. The van der Waals surface area contributed by atoms with Crippen LogP contribution in [0.5, 0.6) is 0 Å². The van der Waals surface area contributed by atoms with E-state index in [0.29, 0.717) is 13.0 Å². The van der Waals surface area contributed by atoms with Gasteiger partial charge in [0, 0.05) is 43.3 Å². The summed E-state index contributed by atoms with van der Waals surface area (Å²) in [4.78, 5) is 28.1. The Morgan fingerprint density at radius 3 is 2.25 bits per heavy atom. The van der Waals surface area contributed by atoms with Gasteiger partial charge in [0.15, 0.2) is 0 Å². The lowest BCUT2D eigenvalue weighted by Crippen LogP contribution is -2.30. The first-order chi connectivity index (χ1) is 13.5. The molecule has 0 bridgehead atoms. The van der Waals surface area contributed by atoms with Crippen LogP contribution in [0.3, 0.4) is 0 Å². The minimum absolute atomic E-state index is 0.153. The van der Waals surface area contributed by atoms with E-state index in [1.165, 1.54) is 0 Å². The number of urea groups is 1. The Bertz CT molecular complexity index is 800. The van der Waals surface area contributed by atoms with Crippen molar-refractivity contribution in [3.05, 3.63) is 64.1 Å². The molecule has 1 N–H and O–H groups in total. The minimum atomic E-state index is -0.153. The lowest BCUT2D eigenvalue weighted by molar-refractivity contribution is -0.130. The van der Waals surface area contributed by atoms with Crippen LogP contribution in [0.1, 0.15) is 30.4 Å². The molecule has 148 valence electrons. The Balaban J connectivity index is 1.46. The van der Waals surface area contributed by atoms with Gasteiger partial charge in [-0.05, 0) is 54.7 Å². The number of hydrogen-bond donors (Lipinski definition) is 1. The van der Waals surface area contributed by atoms with Crippen LogP contribution >= 0.6 is 15.9 Å². The van der Waals surface area contributed by atoms with Gasteiger partial charge in [-0.2, -0.15) is 0 Å². The molecule has 1 fully saturated rings. The number of benzene rings is 2. The molecule has 3 amide bonds. The third-order valence-corrected chi connectivity index (χ3v) is 5.50. The van der Waals surface area contributed by atoms with Gasteiger partial charge in [0.25, 0.3) is 0 Å². The zero-order valence-electron chi connectivity index (χ0n) is 16.2. The highest BCUT2D eigenvalue weighted by atomic mass is 79.9. The van der Waals surface area contributed by atoms with Crippen LogP contribution in [0.15, 0.2) is 53.0 Å². The first-order valence-electron chi connectivity index (χ1n) is 9.64. The second-order valence-corrected chi connectivity index (χ2v) is 8.11. The molecule has 1 aliphatic rings. The highest BCUT2D eigenvalue weighted by Gasteiger charge is 2.17. The van der Waals surface area contributed by atoms with Crippen LogP contribution in [-0.2, 0) is 17.8 Å². The molecule has 0 aromatic heterocycles. The first-order valence-corrected chi connectivity index (χ1v) is 10.4. The molecule has 6 heteroatoms. The Labute approximate surface area is 174 Å². The molecule has 0 saturated carbocycles. The molecular formula is C22H26BrN3O2. The maximum absolute atomic E-state index is 12.4. The molecule has 1 aliphatic heterocycles. The highest BCUT2D eigenvalue weighted by Crippen LogP contribution is 2.15. The fraction of sp³-hybridized carbons (Fsp3) is 0.364. The number of amides is 3. The van der Waals surface area contributed by atoms with Crippen molar-refractivity contribution < 1.29 is 9.59 Å². The molecule has 3 rings (SSSR count). The number of likely N-dealkylation sites (tertiary alicyclic amines) is 1. The van der Waals surface area contributed by atoms with Gasteiger partial charge in [0.1, 0.15) is 0 Å². The lowest BCUT2D eigenvalue weighted by atomic mass is 10.1. The number of nitrogens with zero attached hydrogens (tertiary/aromatic N) is 2. The number of rotatable bonds is 6. The van der Waals surface area contributed by atoms with Crippen molar-refractivity contribution in [2.75, 3.05) is 25.5 Å². The largest absolute Gasteiger partial charge is 0.343 e. The molecule has 2 aromatic rings. The summed E-state index contributed by atoms with van der Waals surface area (Å²) in [5, 5.41) is 2.91.